The number of amides is 3. The highest BCUT2D eigenvalue weighted by molar-refractivity contribution is 5.90. The summed E-state index contributed by atoms with van der Waals surface area (Å²) in [5, 5.41) is 5.85. The maximum Gasteiger partial charge on any atom is 0.316 e. The number of hydrogen-bond donors (Lipinski definition) is 3. The van der Waals surface area contributed by atoms with Crippen molar-refractivity contribution in [2.45, 2.75) is 43.7 Å². The average Bonchev–Trinajstić information content (AvgIpc) is 2.73. The highest BCUT2D eigenvalue weighted by atomic mass is 16.5. The van der Waals surface area contributed by atoms with Crippen LogP contribution in [-0.2, 0) is 4.79 Å². The van der Waals surface area contributed by atoms with Gasteiger partial charge in [0.15, 0.2) is 0 Å². The summed E-state index contributed by atoms with van der Waals surface area (Å²) in [5.74, 6) is 0.254. The SMILES string of the molecule is COc1ccc([C@H](NC(=O)NC2(C(N)=O)CCCCC2)c2ccncc2)cc1. The molecule has 4 N–H and O–H groups in total. The second-order valence-corrected chi connectivity index (χ2v) is 7.09. The lowest BCUT2D eigenvalue weighted by Gasteiger charge is -2.35. The van der Waals surface area contributed by atoms with Gasteiger partial charge in [-0.3, -0.25) is 9.78 Å². The number of nitrogens with one attached hydrogen (secondary N) is 2. The van der Waals surface area contributed by atoms with Crippen LogP contribution in [0.1, 0.15) is 49.3 Å². The van der Waals surface area contributed by atoms with E-state index in [1.165, 1.54) is 0 Å². The molecule has 1 saturated carbocycles. The first kappa shape index (κ1) is 19.7. The van der Waals surface area contributed by atoms with E-state index in [1.807, 2.05) is 36.4 Å². The fourth-order valence-electron chi connectivity index (χ4n) is 3.68. The highest BCUT2D eigenvalue weighted by Gasteiger charge is 2.39. The number of carbonyl (C=O) groups excluding carboxylic acids is 2. The standard InChI is InChI=1S/C21H26N4O3/c1-28-17-7-5-15(6-8-17)18(16-9-13-23-14-10-16)24-20(27)25-21(19(22)26)11-3-2-4-12-21/h5-10,13-14,18H,2-4,11-12H2,1H3,(H2,22,26)(H2,24,25,27)/t18-/m0/s1. The van der Waals surface area contributed by atoms with Crippen molar-refractivity contribution in [3.63, 3.8) is 0 Å². The molecular formula is C21H26N4O3. The van der Waals surface area contributed by atoms with Crippen molar-refractivity contribution in [1.29, 1.82) is 0 Å². The Hall–Kier alpha value is -3.09. The van der Waals surface area contributed by atoms with Gasteiger partial charge in [0.2, 0.25) is 5.91 Å². The van der Waals surface area contributed by atoms with Crippen LogP contribution in [0.2, 0.25) is 0 Å². The smallest absolute Gasteiger partial charge is 0.316 e. The molecule has 1 heterocycles. The molecule has 1 aliphatic rings. The number of benzene rings is 1. The Kier molecular flexibility index (Phi) is 6.13. The summed E-state index contributed by atoms with van der Waals surface area (Å²) in [6.07, 6.45) is 7.28. The van der Waals surface area contributed by atoms with E-state index in [2.05, 4.69) is 15.6 Å². The Morgan fingerprint density at radius 3 is 2.21 bits per heavy atom. The molecule has 0 saturated heterocycles. The monoisotopic (exact) mass is 382 g/mol. The van der Waals surface area contributed by atoms with Crippen molar-refractivity contribution in [3.05, 3.63) is 59.9 Å². The number of aromatic nitrogens is 1. The van der Waals surface area contributed by atoms with E-state index in [0.29, 0.717) is 12.8 Å². The Bertz CT molecular complexity index is 802. The Morgan fingerprint density at radius 2 is 1.64 bits per heavy atom. The summed E-state index contributed by atoms with van der Waals surface area (Å²) in [5.41, 5.74) is 6.42. The maximum absolute atomic E-state index is 12.8. The molecule has 3 amide bonds. The molecule has 148 valence electrons. The van der Waals surface area contributed by atoms with Crippen molar-refractivity contribution < 1.29 is 14.3 Å². The van der Waals surface area contributed by atoms with Crippen LogP contribution < -0.4 is 21.1 Å². The van der Waals surface area contributed by atoms with Crippen LogP contribution >= 0.6 is 0 Å². The lowest BCUT2D eigenvalue weighted by atomic mass is 9.81. The van der Waals surface area contributed by atoms with Crippen LogP contribution in [0.3, 0.4) is 0 Å². The van der Waals surface area contributed by atoms with Crippen LogP contribution in [0.5, 0.6) is 5.75 Å². The van der Waals surface area contributed by atoms with Crippen LogP contribution in [0, 0.1) is 0 Å². The summed E-state index contributed by atoms with van der Waals surface area (Å²) in [6, 6.07) is 10.4. The third-order valence-corrected chi connectivity index (χ3v) is 5.30. The fourth-order valence-corrected chi connectivity index (χ4v) is 3.68. The van der Waals surface area contributed by atoms with Gasteiger partial charge >= 0.3 is 6.03 Å². The number of nitrogens with two attached hydrogens (primary N) is 1. The number of rotatable bonds is 6. The number of primary amides is 1. The first-order valence-corrected chi connectivity index (χ1v) is 9.46. The Balaban J connectivity index is 1.82. The zero-order valence-electron chi connectivity index (χ0n) is 16.0. The molecule has 1 fully saturated rings. The number of pyridine rings is 1. The Labute approximate surface area is 164 Å². The van der Waals surface area contributed by atoms with Gasteiger partial charge < -0.3 is 21.1 Å². The van der Waals surface area contributed by atoms with E-state index in [1.54, 1.807) is 19.5 Å². The highest BCUT2D eigenvalue weighted by Crippen LogP contribution is 2.29. The predicted molar refractivity (Wildman–Crippen MR) is 106 cm³/mol. The molecule has 0 bridgehead atoms. The third kappa shape index (κ3) is 4.42. The quantitative estimate of drug-likeness (QED) is 0.714. The zero-order chi connectivity index (χ0) is 20.0. The lowest BCUT2D eigenvalue weighted by Crippen LogP contribution is -2.60. The molecule has 3 rings (SSSR count). The zero-order valence-corrected chi connectivity index (χ0v) is 16.0. The summed E-state index contributed by atoms with van der Waals surface area (Å²) < 4.78 is 5.21. The molecule has 7 heteroatoms. The predicted octanol–water partition coefficient (Wildman–Crippen LogP) is 2.67. The molecule has 1 aromatic heterocycles. The first-order valence-electron chi connectivity index (χ1n) is 9.46. The van der Waals surface area contributed by atoms with E-state index in [0.717, 1.165) is 36.1 Å². The van der Waals surface area contributed by atoms with Gasteiger partial charge in [0, 0.05) is 12.4 Å². The molecule has 2 aromatic rings. The largest absolute Gasteiger partial charge is 0.497 e. The van der Waals surface area contributed by atoms with Gasteiger partial charge in [-0.15, -0.1) is 0 Å². The van der Waals surface area contributed by atoms with Crippen molar-refractivity contribution in [2.75, 3.05) is 7.11 Å². The van der Waals surface area contributed by atoms with Crippen LogP contribution in [0.4, 0.5) is 4.79 Å². The summed E-state index contributed by atoms with van der Waals surface area (Å²) in [6.45, 7) is 0. The number of hydrogen-bond acceptors (Lipinski definition) is 4. The minimum Gasteiger partial charge on any atom is -0.497 e. The van der Waals surface area contributed by atoms with Crippen molar-refractivity contribution in [2.24, 2.45) is 5.73 Å². The molecule has 0 unspecified atom stereocenters. The topological polar surface area (TPSA) is 106 Å². The van der Waals surface area contributed by atoms with Gasteiger partial charge in [-0.1, -0.05) is 31.4 Å². The average molecular weight is 382 g/mol. The van der Waals surface area contributed by atoms with E-state index < -0.39 is 23.5 Å². The molecule has 7 nitrogen and oxygen atoms in total. The summed E-state index contributed by atoms with van der Waals surface area (Å²) in [4.78, 5) is 28.9. The Morgan fingerprint density at radius 1 is 1.04 bits per heavy atom. The van der Waals surface area contributed by atoms with Crippen LogP contribution in [-0.4, -0.2) is 29.6 Å². The van der Waals surface area contributed by atoms with Gasteiger partial charge in [0.25, 0.3) is 0 Å². The summed E-state index contributed by atoms with van der Waals surface area (Å²) in [7, 11) is 1.61. The lowest BCUT2D eigenvalue weighted by molar-refractivity contribution is -0.125. The number of nitrogens with zero attached hydrogens (tertiary/aromatic N) is 1. The molecule has 1 aromatic carbocycles. The van der Waals surface area contributed by atoms with Crippen molar-refractivity contribution >= 4 is 11.9 Å². The fraction of sp³-hybridized carbons (Fsp3) is 0.381. The van der Waals surface area contributed by atoms with Gasteiger partial charge in [-0.2, -0.15) is 0 Å². The van der Waals surface area contributed by atoms with Gasteiger partial charge in [0.1, 0.15) is 11.3 Å². The molecule has 1 aliphatic carbocycles. The number of urea groups is 1. The molecule has 0 radical (unpaired) electrons. The second-order valence-electron chi connectivity index (χ2n) is 7.09. The molecule has 0 spiro atoms. The molecule has 0 aliphatic heterocycles. The minimum absolute atomic E-state index is 0.401. The van der Waals surface area contributed by atoms with E-state index >= 15 is 0 Å². The van der Waals surface area contributed by atoms with Crippen LogP contribution in [0.25, 0.3) is 0 Å². The first-order chi connectivity index (χ1) is 13.5. The van der Waals surface area contributed by atoms with Gasteiger partial charge in [-0.25, -0.2) is 4.79 Å². The van der Waals surface area contributed by atoms with Crippen molar-refractivity contribution in [3.8, 4) is 5.75 Å². The molecular weight excluding hydrogens is 356 g/mol. The van der Waals surface area contributed by atoms with E-state index in [4.69, 9.17) is 10.5 Å². The van der Waals surface area contributed by atoms with E-state index in [9.17, 15) is 9.59 Å². The molecule has 1 atom stereocenters. The van der Waals surface area contributed by atoms with Crippen LogP contribution in [0.15, 0.2) is 48.8 Å². The van der Waals surface area contributed by atoms with E-state index in [-0.39, 0.29) is 0 Å². The minimum atomic E-state index is -0.981. The van der Waals surface area contributed by atoms with Gasteiger partial charge in [-0.05, 0) is 48.2 Å². The summed E-state index contributed by atoms with van der Waals surface area (Å²) >= 11 is 0. The van der Waals surface area contributed by atoms with Gasteiger partial charge in [0.05, 0.1) is 13.2 Å². The number of methoxy groups -OCH3 is 1. The number of ether oxygens (including phenoxy) is 1. The van der Waals surface area contributed by atoms with Crippen molar-refractivity contribution in [1.82, 2.24) is 15.6 Å². The maximum atomic E-state index is 12.8. The number of carbonyl (C=O) groups is 2. The molecule has 28 heavy (non-hydrogen) atoms. The second kappa shape index (κ2) is 8.73. The normalized spacial score (nSPS) is 16.6. The third-order valence-electron chi connectivity index (χ3n) is 5.30.